The predicted molar refractivity (Wildman–Crippen MR) is 86.6 cm³/mol. The summed E-state index contributed by atoms with van der Waals surface area (Å²) in [6.45, 7) is 4.19. The second-order valence-corrected chi connectivity index (χ2v) is 5.50. The molecule has 1 amide bonds. The number of hydrogen-bond donors (Lipinski definition) is 1. The maximum atomic E-state index is 12.1. The number of anilines is 2. The van der Waals surface area contributed by atoms with E-state index in [1.54, 1.807) is 25.0 Å². The highest BCUT2D eigenvalue weighted by molar-refractivity contribution is 8.04. The van der Waals surface area contributed by atoms with E-state index in [2.05, 4.69) is 16.8 Å². The van der Waals surface area contributed by atoms with E-state index in [4.69, 9.17) is 10.6 Å². The van der Waals surface area contributed by atoms with E-state index in [0.717, 1.165) is 5.75 Å². The molecular formula is C12H20N6O2S. The molecule has 0 aromatic carbocycles. The van der Waals surface area contributed by atoms with Gasteiger partial charge in [-0.1, -0.05) is 0 Å². The van der Waals surface area contributed by atoms with Gasteiger partial charge in [0.25, 0.3) is 5.91 Å². The van der Waals surface area contributed by atoms with Crippen molar-refractivity contribution in [1.29, 1.82) is 0 Å². The quantitative estimate of drug-likeness (QED) is 0.659. The SMILES string of the molecule is C=Nc1c(N)c(N2C=C(C(=O)N(C)OC)SCC2)nn1C.[HH]. The van der Waals surface area contributed by atoms with Gasteiger partial charge in [-0.2, -0.15) is 5.10 Å². The molecule has 0 radical (unpaired) electrons. The summed E-state index contributed by atoms with van der Waals surface area (Å²) in [4.78, 5) is 23.3. The summed E-state index contributed by atoms with van der Waals surface area (Å²) in [6.07, 6.45) is 1.73. The van der Waals surface area contributed by atoms with Crippen molar-refractivity contribution < 1.29 is 11.1 Å². The number of hydrogen-bond acceptors (Lipinski definition) is 7. The number of nitrogens with two attached hydrogens (primary N) is 1. The first kappa shape index (κ1) is 15.4. The molecule has 1 aliphatic rings. The van der Waals surface area contributed by atoms with Crippen LogP contribution in [0.5, 0.6) is 0 Å². The number of carbonyl (C=O) groups excluding carboxylic acids is 1. The number of likely N-dealkylation sites (N-methyl/N-ethyl adjacent to an activating group) is 1. The molecule has 1 aromatic heterocycles. The molecule has 1 aromatic rings. The van der Waals surface area contributed by atoms with E-state index in [1.165, 1.54) is 23.9 Å². The summed E-state index contributed by atoms with van der Waals surface area (Å²) < 4.78 is 1.57. The Kier molecular flexibility index (Phi) is 4.53. The second kappa shape index (κ2) is 6.19. The molecule has 0 saturated heterocycles. The molecule has 0 atom stereocenters. The van der Waals surface area contributed by atoms with Crippen LogP contribution in [0.1, 0.15) is 1.43 Å². The van der Waals surface area contributed by atoms with Crippen LogP contribution < -0.4 is 10.6 Å². The van der Waals surface area contributed by atoms with Crippen molar-refractivity contribution in [2.45, 2.75) is 0 Å². The molecule has 1 aliphatic heterocycles. The number of carbonyl (C=O) groups is 1. The van der Waals surface area contributed by atoms with E-state index in [9.17, 15) is 4.79 Å². The van der Waals surface area contributed by atoms with Crippen LogP contribution in [0.25, 0.3) is 0 Å². The van der Waals surface area contributed by atoms with Gasteiger partial charge in [-0.15, -0.1) is 11.8 Å². The molecule has 116 valence electrons. The lowest BCUT2D eigenvalue weighted by molar-refractivity contribution is -0.163. The van der Waals surface area contributed by atoms with Crippen molar-refractivity contribution in [2.24, 2.45) is 12.0 Å². The highest BCUT2D eigenvalue weighted by atomic mass is 32.2. The van der Waals surface area contributed by atoms with E-state index in [0.29, 0.717) is 28.8 Å². The minimum atomic E-state index is -0.205. The Morgan fingerprint density at radius 2 is 2.43 bits per heavy atom. The Hall–Kier alpha value is -2.00. The van der Waals surface area contributed by atoms with Gasteiger partial charge in [0.15, 0.2) is 11.6 Å². The fourth-order valence-electron chi connectivity index (χ4n) is 1.94. The van der Waals surface area contributed by atoms with Gasteiger partial charge in [0.1, 0.15) is 5.69 Å². The lowest BCUT2D eigenvalue weighted by atomic mass is 10.4. The van der Waals surface area contributed by atoms with Gasteiger partial charge in [-0.25, -0.2) is 14.7 Å². The first-order valence-electron chi connectivity index (χ1n) is 6.22. The van der Waals surface area contributed by atoms with Gasteiger partial charge < -0.3 is 10.6 Å². The summed E-state index contributed by atoms with van der Waals surface area (Å²) in [6, 6.07) is 0. The molecule has 0 bridgehead atoms. The number of amides is 1. The van der Waals surface area contributed by atoms with Crippen LogP contribution in [0.15, 0.2) is 16.1 Å². The zero-order valence-corrected chi connectivity index (χ0v) is 13.1. The van der Waals surface area contributed by atoms with E-state index >= 15 is 0 Å². The van der Waals surface area contributed by atoms with Crippen LogP contribution in [0.4, 0.5) is 17.3 Å². The van der Waals surface area contributed by atoms with Crippen LogP contribution in [0.2, 0.25) is 0 Å². The highest BCUT2D eigenvalue weighted by Gasteiger charge is 2.24. The highest BCUT2D eigenvalue weighted by Crippen LogP contribution is 2.34. The number of aromatic nitrogens is 2. The Bertz CT molecular complexity index is 603. The van der Waals surface area contributed by atoms with E-state index < -0.39 is 0 Å². The lowest BCUT2D eigenvalue weighted by Crippen LogP contribution is -2.31. The molecule has 0 aliphatic carbocycles. The molecule has 0 unspecified atom stereocenters. The van der Waals surface area contributed by atoms with Crippen LogP contribution in [-0.4, -0.2) is 53.9 Å². The minimum absolute atomic E-state index is 0. The zero-order valence-electron chi connectivity index (χ0n) is 12.2. The summed E-state index contributed by atoms with van der Waals surface area (Å²) >= 11 is 1.47. The van der Waals surface area contributed by atoms with Gasteiger partial charge in [-0.3, -0.25) is 9.63 Å². The van der Waals surface area contributed by atoms with Crippen LogP contribution >= 0.6 is 11.8 Å². The van der Waals surface area contributed by atoms with Gasteiger partial charge >= 0.3 is 0 Å². The number of aryl methyl sites for hydroxylation is 1. The first-order valence-corrected chi connectivity index (χ1v) is 7.20. The monoisotopic (exact) mass is 312 g/mol. The third-order valence-electron chi connectivity index (χ3n) is 3.09. The van der Waals surface area contributed by atoms with Gasteiger partial charge in [0, 0.05) is 34.0 Å². The smallest absolute Gasteiger partial charge is 0.285 e. The van der Waals surface area contributed by atoms with E-state index in [1.807, 2.05) is 4.90 Å². The fourth-order valence-corrected chi connectivity index (χ4v) is 2.90. The van der Waals surface area contributed by atoms with Gasteiger partial charge in [0.2, 0.25) is 0 Å². The fraction of sp³-hybridized carbons (Fsp3) is 0.417. The van der Waals surface area contributed by atoms with Crippen molar-refractivity contribution in [3.63, 3.8) is 0 Å². The minimum Gasteiger partial charge on any atom is -0.393 e. The molecule has 0 fully saturated rings. The summed E-state index contributed by atoms with van der Waals surface area (Å²) in [5.41, 5.74) is 6.48. The number of nitrogens with zero attached hydrogens (tertiary/aromatic N) is 5. The molecule has 0 saturated carbocycles. The molecule has 8 nitrogen and oxygen atoms in total. The molecule has 9 heteroatoms. The van der Waals surface area contributed by atoms with Crippen molar-refractivity contribution in [1.82, 2.24) is 14.8 Å². The summed E-state index contributed by atoms with van der Waals surface area (Å²) in [5.74, 6) is 1.63. The lowest BCUT2D eigenvalue weighted by Gasteiger charge is -2.25. The average molecular weight is 312 g/mol. The van der Waals surface area contributed by atoms with E-state index in [-0.39, 0.29) is 7.33 Å². The Labute approximate surface area is 128 Å². The average Bonchev–Trinajstić information content (AvgIpc) is 2.80. The normalized spacial score (nSPS) is 14.8. The Morgan fingerprint density at radius 1 is 1.71 bits per heavy atom. The Morgan fingerprint density at radius 3 is 3.00 bits per heavy atom. The summed E-state index contributed by atoms with van der Waals surface area (Å²) in [7, 11) is 4.76. The van der Waals surface area contributed by atoms with Crippen molar-refractivity contribution in [3.05, 3.63) is 11.1 Å². The van der Waals surface area contributed by atoms with Gasteiger partial charge in [0.05, 0.1) is 12.0 Å². The Balaban J connectivity index is 0.00000242. The standard InChI is InChI=1S/C12H18N6O2S.H2/c1-14-10-9(13)11(15-16(10)2)18-5-6-21-8(7-18)12(19)17(3)20-4;/h7H,1,5-6,13H2,2-4H3;1H. The maximum absolute atomic E-state index is 12.1. The number of nitrogen functional groups attached to an aromatic ring is 1. The molecule has 0 spiro atoms. The molecule has 2 rings (SSSR count). The summed E-state index contributed by atoms with van der Waals surface area (Å²) in [5, 5.41) is 5.52. The van der Waals surface area contributed by atoms with Crippen molar-refractivity contribution >= 4 is 41.7 Å². The van der Waals surface area contributed by atoms with Crippen LogP contribution in [0.3, 0.4) is 0 Å². The van der Waals surface area contributed by atoms with Crippen LogP contribution in [0, 0.1) is 0 Å². The third-order valence-corrected chi connectivity index (χ3v) is 4.07. The number of thioether (sulfide) groups is 1. The largest absolute Gasteiger partial charge is 0.393 e. The third kappa shape index (κ3) is 2.88. The zero-order chi connectivity index (χ0) is 15.6. The number of hydroxylamine groups is 2. The predicted octanol–water partition coefficient (Wildman–Crippen LogP) is 0.995. The molecule has 21 heavy (non-hydrogen) atoms. The molecule has 2 heterocycles. The number of aliphatic imine (C=N–C) groups is 1. The molecule has 2 N–H and O–H groups in total. The first-order chi connectivity index (χ1) is 9.99. The molecular weight excluding hydrogens is 292 g/mol. The van der Waals surface area contributed by atoms with Crippen molar-refractivity contribution in [3.8, 4) is 0 Å². The second-order valence-electron chi connectivity index (χ2n) is 4.36. The van der Waals surface area contributed by atoms with Crippen molar-refractivity contribution in [2.75, 3.05) is 37.1 Å². The number of rotatable bonds is 4. The van der Waals surface area contributed by atoms with Gasteiger partial charge in [-0.05, 0) is 6.72 Å². The topological polar surface area (TPSA) is 89.0 Å². The maximum Gasteiger partial charge on any atom is 0.285 e. The van der Waals surface area contributed by atoms with Crippen LogP contribution in [-0.2, 0) is 16.7 Å².